The number of hydrogen-bond acceptors (Lipinski definition) is 6. The normalized spacial score (nSPS) is 25.5. The molecule has 9 heteroatoms. The van der Waals surface area contributed by atoms with E-state index in [0.717, 1.165) is 37.5 Å². The van der Waals surface area contributed by atoms with E-state index in [1.165, 1.54) is 12.8 Å². The van der Waals surface area contributed by atoms with Gasteiger partial charge >= 0.3 is 7.12 Å². The molecule has 1 amide bonds. The molecular weight excluding hydrogens is 391 g/mol. The third-order valence-corrected chi connectivity index (χ3v) is 6.86. The minimum atomic E-state index is -0.451. The van der Waals surface area contributed by atoms with Gasteiger partial charge in [-0.2, -0.15) is 0 Å². The third-order valence-electron chi connectivity index (χ3n) is 6.64. The molecule has 7 nitrogen and oxygen atoms in total. The monoisotopic (exact) mass is 420 g/mol. The number of alkyl halides is 1. The maximum Gasteiger partial charge on any atom is 0.498 e. The van der Waals surface area contributed by atoms with Crippen molar-refractivity contribution in [2.75, 3.05) is 30.4 Å². The second-order valence-corrected chi connectivity index (χ2v) is 9.68. The van der Waals surface area contributed by atoms with Gasteiger partial charge in [-0.3, -0.25) is 4.79 Å². The van der Waals surface area contributed by atoms with Gasteiger partial charge in [0.25, 0.3) is 0 Å². The quantitative estimate of drug-likeness (QED) is 0.517. The number of nitrogens with zero attached hydrogens (tertiary/aromatic N) is 4. The van der Waals surface area contributed by atoms with Crippen molar-refractivity contribution in [2.24, 2.45) is 5.92 Å². The van der Waals surface area contributed by atoms with E-state index < -0.39 is 7.12 Å². The molecule has 2 aliphatic heterocycles. The maximum atomic E-state index is 11.8. The number of hydrogen-bond donors (Lipinski definition) is 0. The zero-order chi connectivity index (χ0) is 20.8. The van der Waals surface area contributed by atoms with E-state index in [-0.39, 0.29) is 23.0 Å². The van der Waals surface area contributed by atoms with Crippen LogP contribution in [0.25, 0.3) is 0 Å². The summed E-state index contributed by atoms with van der Waals surface area (Å²) < 4.78 is 12.2. The Morgan fingerprint density at radius 3 is 2.38 bits per heavy atom. The zero-order valence-electron chi connectivity index (χ0n) is 17.7. The molecule has 1 saturated carbocycles. The Morgan fingerprint density at radius 1 is 1.21 bits per heavy atom. The minimum Gasteiger partial charge on any atom is -0.399 e. The number of likely N-dealkylation sites (tertiary alicyclic amines) is 1. The second kappa shape index (κ2) is 7.71. The maximum absolute atomic E-state index is 11.8. The molecule has 158 valence electrons. The molecule has 1 aliphatic carbocycles. The van der Waals surface area contributed by atoms with Gasteiger partial charge in [0.05, 0.1) is 11.2 Å². The van der Waals surface area contributed by atoms with Crippen LogP contribution in [0.15, 0.2) is 12.4 Å². The number of rotatable bonds is 6. The average molecular weight is 421 g/mol. The van der Waals surface area contributed by atoms with Gasteiger partial charge in [-0.15, -0.1) is 11.6 Å². The summed E-state index contributed by atoms with van der Waals surface area (Å²) >= 11 is 5.70. The fourth-order valence-corrected chi connectivity index (χ4v) is 4.10. The Labute approximate surface area is 178 Å². The average Bonchev–Trinajstić information content (AvgIpc) is 3.36. The molecule has 3 fully saturated rings. The highest BCUT2D eigenvalue weighted by Crippen LogP contribution is 2.36. The number of amides is 1. The van der Waals surface area contributed by atoms with Crippen LogP contribution in [0.1, 0.15) is 47.0 Å². The van der Waals surface area contributed by atoms with E-state index in [0.29, 0.717) is 12.0 Å². The molecule has 0 bridgehead atoms. The molecular formula is C20H30BClN4O3. The predicted molar refractivity (Wildman–Crippen MR) is 114 cm³/mol. The fraction of sp³-hybridized carbons (Fsp3) is 0.750. The summed E-state index contributed by atoms with van der Waals surface area (Å²) in [7, 11) is -0.451. The Balaban J connectivity index is 1.42. The van der Waals surface area contributed by atoms with Gasteiger partial charge in [-0.25, -0.2) is 9.97 Å². The molecule has 1 aromatic heterocycles. The molecule has 29 heavy (non-hydrogen) atoms. The Bertz CT molecular complexity index is 741. The highest BCUT2D eigenvalue weighted by molar-refractivity contribution is 6.61. The number of anilines is 1. The van der Waals surface area contributed by atoms with Crippen molar-refractivity contribution >= 4 is 36.0 Å². The van der Waals surface area contributed by atoms with Gasteiger partial charge in [-0.05, 0) is 52.9 Å². The number of halogens is 1. The van der Waals surface area contributed by atoms with Crippen molar-refractivity contribution in [3.05, 3.63) is 12.4 Å². The molecule has 0 radical (unpaired) electrons. The smallest absolute Gasteiger partial charge is 0.399 e. The van der Waals surface area contributed by atoms with Crippen molar-refractivity contribution in [2.45, 2.75) is 64.2 Å². The van der Waals surface area contributed by atoms with Crippen molar-refractivity contribution in [3.63, 3.8) is 0 Å². The molecule has 4 rings (SSSR count). The van der Waals surface area contributed by atoms with E-state index >= 15 is 0 Å². The van der Waals surface area contributed by atoms with Crippen molar-refractivity contribution in [3.8, 4) is 0 Å². The first kappa shape index (κ1) is 20.9. The lowest BCUT2D eigenvalue weighted by atomic mass is 9.81. The van der Waals surface area contributed by atoms with E-state index in [9.17, 15) is 4.79 Å². The van der Waals surface area contributed by atoms with Crippen molar-refractivity contribution < 1.29 is 14.1 Å². The van der Waals surface area contributed by atoms with E-state index in [2.05, 4.69) is 14.9 Å². The summed E-state index contributed by atoms with van der Waals surface area (Å²) in [6.45, 7) is 10.6. The highest BCUT2D eigenvalue weighted by atomic mass is 35.5. The first-order valence-electron chi connectivity index (χ1n) is 10.5. The molecule has 3 heterocycles. The van der Waals surface area contributed by atoms with Crippen molar-refractivity contribution in [1.82, 2.24) is 14.9 Å². The molecule has 1 atom stereocenters. The topological polar surface area (TPSA) is 67.8 Å². The molecule has 1 unspecified atom stereocenters. The third kappa shape index (κ3) is 4.25. The lowest BCUT2D eigenvalue weighted by molar-refractivity contribution is -0.127. The first-order valence-corrected chi connectivity index (χ1v) is 11.0. The van der Waals surface area contributed by atoms with Crippen LogP contribution >= 0.6 is 11.6 Å². The summed E-state index contributed by atoms with van der Waals surface area (Å²) in [4.78, 5) is 25.3. The van der Waals surface area contributed by atoms with Gasteiger partial charge in [0.2, 0.25) is 11.9 Å². The number of carbonyl (C=O) groups excluding carboxylic acids is 1. The zero-order valence-corrected chi connectivity index (χ0v) is 18.5. The predicted octanol–water partition coefficient (Wildman–Crippen LogP) is 1.83. The van der Waals surface area contributed by atoms with Gasteiger partial charge in [0, 0.05) is 43.5 Å². The molecule has 0 aromatic carbocycles. The van der Waals surface area contributed by atoms with Gasteiger partial charge in [0.1, 0.15) is 5.88 Å². The van der Waals surface area contributed by atoms with Crippen LogP contribution in [0.5, 0.6) is 0 Å². The summed E-state index contributed by atoms with van der Waals surface area (Å²) in [6.07, 6.45) is 6.96. The first-order chi connectivity index (χ1) is 13.7. The Morgan fingerprint density at radius 2 is 1.83 bits per heavy atom. The van der Waals surface area contributed by atoms with Crippen molar-refractivity contribution in [1.29, 1.82) is 0 Å². The molecule has 2 saturated heterocycles. The summed E-state index contributed by atoms with van der Waals surface area (Å²) in [5, 5.41) is 0. The van der Waals surface area contributed by atoms with Crippen LogP contribution < -0.4 is 10.4 Å². The van der Waals surface area contributed by atoms with Crippen LogP contribution in [-0.2, 0) is 14.1 Å². The standard InChI is InChI=1S/C20H30BClN4O3/c1-19(2)20(3,4)29-21(28-19)15-10-23-18(24-11-15)26(16-5-6-16)13-14-7-8-25(12-14)17(27)9-22/h10-11,14,16H,5-9,12-13H2,1-4H3. The van der Waals surface area contributed by atoms with Crippen LogP contribution in [0, 0.1) is 5.92 Å². The summed E-state index contributed by atoms with van der Waals surface area (Å²) in [6, 6.07) is 0.496. The lowest BCUT2D eigenvalue weighted by Gasteiger charge is -2.32. The van der Waals surface area contributed by atoms with Gasteiger partial charge in [0.15, 0.2) is 0 Å². The SMILES string of the molecule is CC1(C)OB(c2cnc(N(CC3CCN(C(=O)CCl)C3)C3CC3)nc2)OC1(C)C. The summed E-state index contributed by atoms with van der Waals surface area (Å²) in [5.41, 5.74) is 0.0686. The molecule has 1 aromatic rings. The van der Waals surface area contributed by atoms with Crippen LogP contribution in [0.3, 0.4) is 0 Å². The summed E-state index contributed by atoms with van der Waals surface area (Å²) in [5.74, 6) is 1.25. The highest BCUT2D eigenvalue weighted by Gasteiger charge is 2.52. The van der Waals surface area contributed by atoms with Crippen LogP contribution in [0.2, 0.25) is 0 Å². The number of carbonyl (C=O) groups is 1. The van der Waals surface area contributed by atoms with Gasteiger partial charge < -0.3 is 19.1 Å². The van der Waals surface area contributed by atoms with Gasteiger partial charge in [-0.1, -0.05) is 0 Å². The minimum absolute atomic E-state index is 0.0233. The molecule has 3 aliphatic rings. The molecule has 0 spiro atoms. The molecule has 0 N–H and O–H groups in total. The second-order valence-electron chi connectivity index (χ2n) is 9.42. The van der Waals surface area contributed by atoms with E-state index in [1.54, 1.807) is 0 Å². The largest absolute Gasteiger partial charge is 0.498 e. The van der Waals surface area contributed by atoms with Crippen LogP contribution in [-0.4, -0.2) is 70.7 Å². The van der Waals surface area contributed by atoms with Crippen LogP contribution in [0.4, 0.5) is 5.95 Å². The lowest BCUT2D eigenvalue weighted by Crippen LogP contribution is -2.41. The van der Waals surface area contributed by atoms with E-state index in [1.807, 2.05) is 45.0 Å². The Hall–Kier alpha value is -1.38. The fourth-order valence-electron chi connectivity index (χ4n) is 3.93. The Kier molecular flexibility index (Phi) is 5.55. The number of aromatic nitrogens is 2. The van der Waals surface area contributed by atoms with E-state index in [4.69, 9.17) is 20.9 Å².